The summed E-state index contributed by atoms with van der Waals surface area (Å²) in [5, 5.41) is 15.2. The molecule has 1 aliphatic rings. The number of fused-ring (bicyclic) bond motifs is 1. The summed E-state index contributed by atoms with van der Waals surface area (Å²) in [7, 11) is 0. The van der Waals surface area contributed by atoms with Crippen LogP contribution in [0.3, 0.4) is 0 Å². The number of aromatic nitrogens is 3. The lowest BCUT2D eigenvalue weighted by molar-refractivity contribution is -0.160. The number of carbonyl (C=O) groups is 1. The summed E-state index contributed by atoms with van der Waals surface area (Å²) in [6, 6.07) is 10.3. The largest absolute Gasteiger partial charge is 0.479 e. The number of carboxylic acids is 1. The van der Waals surface area contributed by atoms with Gasteiger partial charge in [-0.25, -0.2) is 9.78 Å². The van der Waals surface area contributed by atoms with Crippen LogP contribution in [-0.4, -0.2) is 56.6 Å². The summed E-state index contributed by atoms with van der Waals surface area (Å²) in [5.41, 5.74) is 3.84. The van der Waals surface area contributed by atoms with Gasteiger partial charge < -0.3 is 24.2 Å². The maximum atomic E-state index is 12.6. The molecule has 0 saturated carbocycles. The highest BCUT2D eigenvalue weighted by Crippen LogP contribution is 2.37. The lowest BCUT2D eigenvalue weighted by Crippen LogP contribution is -2.45. The molecule has 1 saturated heterocycles. The number of hydrogen-bond donors (Lipinski definition) is 1. The fraction of sp³-hybridized carbons (Fsp3) is 0.500. The molecular formula is C34H46N4O5. The molecule has 1 N–H and O–H groups in total. The lowest BCUT2D eigenvalue weighted by Gasteiger charge is -2.41. The van der Waals surface area contributed by atoms with Gasteiger partial charge in [0.05, 0.1) is 42.3 Å². The molecule has 1 fully saturated rings. The van der Waals surface area contributed by atoms with Gasteiger partial charge >= 0.3 is 5.97 Å². The van der Waals surface area contributed by atoms with Crippen LogP contribution in [0.5, 0.6) is 0 Å². The standard InChI is InChI=1S/C34H46N4O5/c1-8-10-12-25-13-11-14-26(20-25)22-41-23-27-21-28-35-24(3)29(30(32(39)40)43-33(4,5)6)31(38(28)36-27)37-17-15-34(7,16-18-37)42-19-9-2/h8-9,11,13-14,20-21,30H,1-2,10,12,15-19,22-23H2,3-7H3,(H,39,40). The molecule has 43 heavy (non-hydrogen) atoms. The van der Waals surface area contributed by atoms with E-state index in [1.54, 1.807) is 10.6 Å². The van der Waals surface area contributed by atoms with Crippen molar-refractivity contribution in [2.24, 2.45) is 0 Å². The van der Waals surface area contributed by atoms with E-state index in [2.05, 4.69) is 43.2 Å². The number of ether oxygens (including phenoxy) is 3. The maximum absolute atomic E-state index is 12.6. The molecule has 0 radical (unpaired) electrons. The third-order valence-electron chi connectivity index (χ3n) is 7.63. The number of piperidine rings is 1. The van der Waals surface area contributed by atoms with Gasteiger partial charge in [0.15, 0.2) is 11.8 Å². The van der Waals surface area contributed by atoms with E-state index < -0.39 is 17.7 Å². The third kappa shape index (κ3) is 8.31. The number of anilines is 1. The molecule has 0 spiro atoms. The van der Waals surface area contributed by atoms with Crippen molar-refractivity contribution in [2.45, 2.75) is 90.8 Å². The summed E-state index contributed by atoms with van der Waals surface area (Å²) < 4.78 is 20.0. The van der Waals surface area contributed by atoms with E-state index in [4.69, 9.17) is 24.3 Å². The van der Waals surface area contributed by atoms with E-state index in [0.29, 0.717) is 61.3 Å². The fourth-order valence-electron chi connectivity index (χ4n) is 5.44. The van der Waals surface area contributed by atoms with Gasteiger partial charge in [-0.15, -0.1) is 13.2 Å². The van der Waals surface area contributed by atoms with Crippen LogP contribution in [0.25, 0.3) is 5.65 Å². The highest BCUT2D eigenvalue weighted by Gasteiger charge is 2.37. The van der Waals surface area contributed by atoms with E-state index >= 15 is 0 Å². The van der Waals surface area contributed by atoms with Crippen LogP contribution in [0.2, 0.25) is 0 Å². The van der Waals surface area contributed by atoms with Crippen molar-refractivity contribution >= 4 is 17.4 Å². The first-order valence-electron chi connectivity index (χ1n) is 15.0. The Morgan fingerprint density at radius 3 is 2.51 bits per heavy atom. The number of benzene rings is 1. The van der Waals surface area contributed by atoms with Crippen LogP contribution >= 0.6 is 0 Å². The first-order chi connectivity index (χ1) is 20.4. The normalized spacial score (nSPS) is 15.9. The zero-order valence-corrected chi connectivity index (χ0v) is 26.3. The average molecular weight is 591 g/mol. The minimum absolute atomic E-state index is 0.285. The Morgan fingerprint density at radius 2 is 1.86 bits per heavy atom. The summed E-state index contributed by atoms with van der Waals surface area (Å²) in [4.78, 5) is 19.6. The molecule has 9 heteroatoms. The number of aryl methyl sites for hydroxylation is 2. The van der Waals surface area contributed by atoms with Crippen molar-refractivity contribution in [1.29, 1.82) is 0 Å². The molecule has 1 aromatic carbocycles. The topological polar surface area (TPSA) is 98.4 Å². The quantitative estimate of drug-likeness (QED) is 0.216. The molecule has 2 aromatic heterocycles. The summed E-state index contributed by atoms with van der Waals surface area (Å²) >= 11 is 0. The second-order valence-electron chi connectivity index (χ2n) is 12.5. The van der Waals surface area contributed by atoms with Crippen LogP contribution in [0.15, 0.2) is 55.6 Å². The SMILES string of the molecule is C=CCCc1cccc(COCc2cc3nc(C)c(C(OC(C)(C)C)C(=O)O)c(N4CCC(C)(OCC=C)CC4)n3n2)c1. The zero-order valence-electron chi connectivity index (χ0n) is 26.3. The minimum atomic E-state index is -1.21. The Hall–Kier alpha value is -3.53. The molecule has 0 aliphatic carbocycles. The van der Waals surface area contributed by atoms with Crippen molar-refractivity contribution in [1.82, 2.24) is 14.6 Å². The number of nitrogens with zero attached hydrogens (tertiary/aromatic N) is 4. The van der Waals surface area contributed by atoms with Gasteiger partial charge in [-0.1, -0.05) is 36.4 Å². The van der Waals surface area contributed by atoms with Crippen LogP contribution in [0, 0.1) is 6.92 Å². The smallest absolute Gasteiger partial charge is 0.337 e. The second-order valence-corrected chi connectivity index (χ2v) is 12.5. The maximum Gasteiger partial charge on any atom is 0.337 e. The van der Waals surface area contributed by atoms with Gasteiger partial charge in [0.1, 0.15) is 5.82 Å². The molecule has 3 aromatic rings. The van der Waals surface area contributed by atoms with E-state index in [9.17, 15) is 9.90 Å². The number of rotatable bonds is 14. The highest BCUT2D eigenvalue weighted by atomic mass is 16.5. The molecular weight excluding hydrogens is 544 g/mol. The highest BCUT2D eigenvalue weighted by molar-refractivity contribution is 5.78. The van der Waals surface area contributed by atoms with E-state index in [0.717, 1.165) is 31.2 Å². The summed E-state index contributed by atoms with van der Waals surface area (Å²) in [6.45, 7) is 19.7. The van der Waals surface area contributed by atoms with E-state index in [1.165, 1.54) is 5.56 Å². The van der Waals surface area contributed by atoms with Gasteiger partial charge in [0.2, 0.25) is 0 Å². The number of carboxylic acid groups (broad SMARTS) is 1. The molecule has 0 bridgehead atoms. The Bertz CT molecular complexity index is 1430. The van der Waals surface area contributed by atoms with Crippen molar-refractivity contribution in [3.8, 4) is 0 Å². The van der Waals surface area contributed by atoms with E-state index in [1.807, 2.05) is 45.9 Å². The van der Waals surface area contributed by atoms with Gasteiger partial charge in [-0.3, -0.25) is 0 Å². The lowest BCUT2D eigenvalue weighted by atomic mass is 9.92. The average Bonchev–Trinajstić information content (AvgIpc) is 3.35. The zero-order chi connectivity index (χ0) is 31.2. The van der Waals surface area contributed by atoms with Crippen LogP contribution in [0.4, 0.5) is 5.82 Å². The first kappa shape index (κ1) is 32.4. The first-order valence-corrected chi connectivity index (χ1v) is 15.0. The van der Waals surface area contributed by atoms with E-state index in [-0.39, 0.29) is 5.60 Å². The summed E-state index contributed by atoms with van der Waals surface area (Å²) in [6.07, 6.45) is 5.90. The number of hydrogen-bond acceptors (Lipinski definition) is 7. The molecule has 1 aliphatic heterocycles. The molecule has 1 atom stereocenters. The molecule has 1 unspecified atom stereocenters. The fourth-order valence-corrected chi connectivity index (χ4v) is 5.44. The Morgan fingerprint density at radius 1 is 1.14 bits per heavy atom. The Balaban J connectivity index is 1.66. The predicted molar refractivity (Wildman–Crippen MR) is 168 cm³/mol. The Kier molecular flexibility index (Phi) is 10.4. The Labute approximate surface area is 255 Å². The van der Waals surface area contributed by atoms with Gasteiger partial charge in [0.25, 0.3) is 0 Å². The van der Waals surface area contributed by atoms with Gasteiger partial charge in [-0.05, 0) is 71.4 Å². The molecule has 3 heterocycles. The van der Waals surface area contributed by atoms with Crippen molar-refractivity contribution in [2.75, 3.05) is 24.6 Å². The number of aliphatic carboxylic acids is 1. The van der Waals surface area contributed by atoms with Crippen LogP contribution < -0.4 is 4.90 Å². The molecule has 9 nitrogen and oxygen atoms in total. The van der Waals surface area contributed by atoms with Crippen molar-refractivity contribution in [3.05, 3.63) is 83.7 Å². The van der Waals surface area contributed by atoms with Crippen LogP contribution in [0.1, 0.15) is 81.1 Å². The molecule has 232 valence electrons. The molecule has 4 rings (SSSR count). The minimum Gasteiger partial charge on any atom is -0.479 e. The number of allylic oxidation sites excluding steroid dienone is 1. The predicted octanol–water partition coefficient (Wildman–Crippen LogP) is 6.38. The van der Waals surface area contributed by atoms with Crippen molar-refractivity contribution in [3.63, 3.8) is 0 Å². The van der Waals surface area contributed by atoms with Crippen molar-refractivity contribution < 1.29 is 24.1 Å². The second kappa shape index (κ2) is 13.8. The van der Waals surface area contributed by atoms with Gasteiger partial charge in [-0.2, -0.15) is 9.61 Å². The van der Waals surface area contributed by atoms with Gasteiger partial charge in [0, 0.05) is 24.8 Å². The third-order valence-corrected chi connectivity index (χ3v) is 7.63. The van der Waals surface area contributed by atoms with Crippen LogP contribution in [-0.2, 0) is 38.6 Å². The monoisotopic (exact) mass is 590 g/mol. The summed E-state index contributed by atoms with van der Waals surface area (Å²) in [5.74, 6) is -0.381. The molecule has 0 amide bonds.